The predicted octanol–water partition coefficient (Wildman–Crippen LogP) is 1.94. The minimum atomic E-state index is 0. The Morgan fingerprint density at radius 3 is 2.82 bits per heavy atom. The molecule has 33 heavy (non-hydrogen) atoms. The van der Waals surface area contributed by atoms with E-state index in [4.69, 9.17) is 0 Å². The molecule has 3 atom stereocenters. The van der Waals surface area contributed by atoms with Crippen molar-refractivity contribution < 1.29 is 15.7 Å². The van der Waals surface area contributed by atoms with Crippen molar-refractivity contribution in [1.82, 2.24) is 24.3 Å². The summed E-state index contributed by atoms with van der Waals surface area (Å²) < 4.78 is 4.46. The van der Waals surface area contributed by atoms with E-state index in [1.165, 1.54) is 22.0 Å². The van der Waals surface area contributed by atoms with E-state index in [0.29, 0.717) is 24.5 Å². The van der Waals surface area contributed by atoms with Crippen molar-refractivity contribution in [1.29, 1.82) is 0 Å². The second kappa shape index (κ2) is 10.1. The Labute approximate surface area is 195 Å². The van der Waals surface area contributed by atoms with Gasteiger partial charge in [0.25, 0.3) is 0 Å². The van der Waals surface area contributed by atoms with Gasteiger partial charge in [-0.05, 0) is 57.4 Å². The maximum absolute atomic E-state index is 13.0. The third-order valence-corrected chi connectivity index (χ3v) is 7.25. The fourth-order valence-corrected chi connectivity index (χ4v) is 5.73. The maximum Gasteiger partial charge on any atom is 0.224 e. The Balaban J connectivity index is 0.00000153. The number of piperidine rings is 1. The van der Waals surface area contributed by atoms with Crippen LogP contribution >= 0.6 is 0 Å². The van der Waals surface area contributed by atoms with E-state index < -0.39 is 0 Å². The van der Waals surface area contributed by atoms with Crippen molar-refractivity contribution in [3.05, 3.63) is 54.2 Å². The molecule has 5 N–H and O–H groups in total. The Morgan fingerprint density at radius 1 is 1.27 bits per heavy atom. The number of rotatable bonds is 6. The summed E-state index contributed by atoms with van der Waals surface area (Å²) in [6, 6.07) is 7.67. The second-order valence-electron chi connectivity index (χ2n) is 9.59. The van der Waals surface area contributed by atoms with E-state index in [9.17, 15) is 4.79 Å². The number of likely N-dealkylation sites (N-methyl/N-ethyl adjacent to an activating group) is 1. The number of imidazole rings is 1. The predicted molar refractivity (Wildman–Crippen MR) is 130 cm³/mol. The first-order valence-electron chi connectivity index (χ1n) is 11.6. The molecule has 3 aromatic rings. The maximum atomic E-state index is 13.0. The zero-order valence-electron chi connectivity index (χ0n) is 19.8. The number of carbonyl (C=O) groups is 1. The van der Waals surface area contributed by atoms with Gasteiger partial charge in [0.05, 0.1) is 12.2 Å². The number of likely N-dealkylation sites (tertiary alicyclic amines) is 1. The van der Waals surface area contributed by atoms with E-state index in [2.05, 4.69) is 69.6 Å². The molecule has 1 saturated heterocycles. The molecular formula is C25H37N5O3. The zero-order valence-corrected chi connectivity index (χ0v) is 19.8. The van der Waals surface area contributed by atoms with Gasteiger partial charge in [0.15, 0.2) is 0 Å². The molecule has 0 radical (unpaired) electrons. The monoisotopic (exact) mass is 455 g/mol. The minimum absolute atomic E-state index is 0. The Kier molecular flexibility index (Phi) is 7.62. The van der Waals surface area contributed by atoms with Gasteiger partial charge in [-0.25, -0.2) is 4.98 Å². The van der Waals surface area contributed by atoms with Crippen molar-refractivity contribution in [3.63, 3.8) is 0 Å². The van der Waals surface area contributed by atoms with E-state index in [0.717, 1.165) is 32.4 Å². The topological polar surface area (TPSA) is 118 Å². The van der Waals surface area contributed by atoms with Crippen LogP contribution < -0.4 is 5.32 Å². The van der Waals surface area contributed by atoms with Crippen LogP contribution in [-0.4, -0.2) is 62.1 Å². The van der Waals surface area contributed by atoms with Crippen LogP contribution in [0.4, 0.5) is 0 Å². The lowest BCUT2D eigenvalue weighted by molar-refractivity contribution is -0.127. The lowest BCUT2D eigenvalue weighted by Crippen LogP contribution is -2.51. The molecule has 2 aromatic heterocycles. The zero-order chi connectivity index (χ0) is 21.5. The molecule has 1 amide bonds. The highest BCUT2D eigenvalue weighted by molar-refractivity contribution is 5.89. The highest BCUT2D eigenvalue weighted by atomic mass is 16.1. The van der Waals surface area contributed by atoms with Crippen LogP contribution in [0.1, 0.15) is 49.8 Å². The third-order valence-electron chi connectivity index (χ3n) is 7.25. The molecule has 5 rings (SSSR count). The molecule has 3 heterocycles. The number of fused-ring (bicyclic) bond motifs is 2. The molecule has 0 saturated carbocycles. The number of benzene rings is 1. The van der Waals surface area contributed by atoms with Gasteiger partial charge in [-0.1, -0.05) is 12.1 Å². The SMILES string of the molecule is CC(C)n1cc2c3c(cccc31)[C@H]1C[C@@H](C(=O)NCCCn3ccnc3)CN(C)[C@@H]1C2.O.O. The molecule has 1 aliphatic heterocycles. The van der Waals surface area contributed by atoms with Crippen molar-refractivity contribution in [2.75, 3.05) is 20.1 Å². The number of nitrogens with zero attached hydrogens (tertiary/aromatic N) is 4. The number of aromatic nitrogens is 3. The van der Waals surface area contributed by atoms with Gasteiger partial charge in [0, 0.05) is 67.1 Å². The number of hydrogen-bond donors (Lipinski definition) is 1. The first kappa shape index (κ1) is 25.0. The largest absolute Gasteiger partial charge is 0.412 e. The van der Waals surface area contributed by atoms with E-state index in [1.807, 2.05) is 12.5 Å². The van der Waals surface area contributed by atoms with Crippen molar-refractivity contribution in [3.8, 4) is 0 Å². The van der Waals surface area contributed by atoms with Crippen LogP contribution in [0.3, 0.4) is 0 Å². The Bertz CT molecular complexity index is 1080. The molecule has 2 aliphatic rings. The molecule has 8 nitrogen and oxygen atoms in total. The summed E-state index contributed by atoms with van der Waals surface area (Å²) in [6.45, 7) is 6.93. The van der Waals surface area contributed by atoms with E-state index in [-0.39, 0.29) is 22.8 Å². The number of amides is 1. The van der Waals surface area contributed by atoms with Crippen molar-refractivity contribution in [2.45, 2.75) is 57.7 Å². The molecule has 0 unspecified atom stereocenters. The first-order chi connectivity index (χ1) is 15.0. The normalized spacial score (nSPS) is 21.9. The smallest absolute Gasteiger partial charge is 0.224 e. The Hall–Kier alpha value is -2.68. The number of carbonyl (C=O) groups excluding carboxylic acids is 1. The van der Waals surface area contributed by atoms with Crippen LogP contribution in [0.5, 0.6) is 0 Å². The standard InChI is InChI=1S/C25H33N5O.2H2O/c1-17(2)30-15-18-13-23-21(20-6-4-7-22(30)24(18)20)12-19(14-28(23)3)25(31)27-8-5-10-29-11-9-26-16-29;;/h4,6-7,9,11,15-17,19,21,23H,5,8,10,12-14H2,1-3H3,(H,27,31);2*1H2/t19-,21-,23-;;/m1../s1. The third kappa shape index (κ3) is 4.55. The molecule has 0 bridgehead atoms. The van der Waals surface area contributed by atoms with Gasteiger partial charge in [0.2, 0.25) is 5.91 Å². The Morgan fingerprint density at radius 2 is 2.09 bits per heavy atom. The highest BCUT2D eigenvalue weighted by Crippen LogP contribution is 2.45. The van der Waals surface area contributed by atoms with E-state index >= 15 is 0 Å². The van der Waals surface area contributed by atoms with Gasteiger partial charge < -0.3 is 30.3 Å². The van der Waals surface area contributed by atoms with E-state index in [1.54, 1.807) is 6.20 Å². The molecule has 0 spiro atoms. The molecule has 1 aromatic carbocycles. The summed E-state index contributed by atoms with van der Waals surface area (Å²) in [5, 5.41) is 4.63. The fraction of sp³-hybridized carbons (Fsp3) is 0.520. The molecule has 8 heteroatoms. The van der Waals surface area contributed by atoms with Crippen LogP contribution in [0, 0.1) is 5.92 Å². The number of aryl methyl sites for hydroxylation is 1. The van der Waals surface area contributed by atoms with Gasteiger partial charge in [-0.2, -0.15) is 0 Å². The van der Waals surface area contributed by atoms with Gasteiger partial charge in [-0.3, -0.25) is 4.79 Å². The van der Waals surface area contributed by atoms with Gasteiger partial charge in [0.1, 0.15) is 0 Å². The molecule has 180 valence electrons. The summed E-state index contributed by atoms with van der Waals surface area (Å²) in [7, 11) is 2.20. The summed E-state index contributed by atoms with van der Waals surface area (Å²) in [4.78, 5) is 19.5. The number of nitrogens with one attached hydrogen (secondary N) is 1. The molecule has 1 aliphatic carbocycles. The van der Waals surface area contributed by atoms with Crippen LogP contribution in [-0.2, 0) is 17.8 Å². The lowest BCUT2D eigenvalue weighted by atomic mass is 9.72. The average molecular weight is 456 g/mol. The highest BCUT2D eigenvalue weighted by Gasteiger charge is 2.41. The summed E-state index contributed by atoms with van der Waals surface area (Å²) in [6.07, 6.45) is 10.9. The van der Waals surface area contributed by atoms with Gasteiger partial charge in [-0.15, -0.1) is 0 Å². The number of hydrogen-bond acceptors (Lipinski definition) is 3. The molecular weight excluding hydrogens is 418 g/mol. The summed E-state index contributed by atoms with van der Waals surface area (Å²) in [5.74, 6) is 0.664. The molecule has 1 fully saturated rings. The summed E-state index contributed by atoms with van der Waals surface area (Å²) in [5.41, 5.74) is 4.25. The van der Waals surface area contributed by atoms with Crippen molar-refractivity contribution in [2.24, 2.45) is 5.92 Å². The summed E-state index contributed by atoms with van der Waals surface area (Å²) >= 11 is 0. The van der Waals surface area contributed by atoms with Crippen LogP contribution in [0.2, 0.25) is 0 Å². The van der Waals surface area contributed by atoms with Crippen molar-refractivity contribution >= 4 is 16.8 Å². The fourth-order valence-electron chi connectivity index (χ4n) is 5.73. The lowest BCUT2D eigenvalue weighted by Gasteiger charge is -2.45. The quantitative estimate of drug-likeness (QED) is 0.572. The van der Waals surface area contributed by atoms with Gasteiger partial charge >= 0.3 is 0 Å². The second-order valence-corrected chi connectivity index (χ2v) is 9.59. The first-order valence-corrected chi connectivity index (χ1v) is 11.6. The minimum Gasteiger partial charge on any atom is -0.412 e. The van der Waals surface area contributed by atoms with Crippen LogP contribution in [0.15, 0.2) is 43.1 Å². The van der Waals surface area contributed by atoms with Crippen LogP contribution in [0.25, 0.3) is 10.9 Å². The average Bonchev–Trinajstić information content (AvgIpc) is 3.41.